The lowest BCUT2D eigenvalue weighted by atomic mass is 9.90. The van der Waals surface area contributed by atoms with Crippen molar-refractivity contribution in [2.24, 2.45) is 0 Å². The molecule has 1 saturated heterocycles. The van der Waals surface area contributed by atoms with Crippen LogP contribution in [0.15, 0.2) is 29.2 Å². The third-order valence-corrected chi connectivity index (χ3v) is 3.56. The van der Waals surface area contributed by atoms with E-state index in [1.807, 2.05) is 0 Å². The van der Waals surface area contributed by atoms with Gasteiger partial charge in [0, 0.05) is 27.8 Å². The van der Waals surface area contributed by atoms with Gasteiger partial charge in [-0.25, -0.2) is 8.42 Å². The lowest BCUT2D eigenvalue weighted by molar-refractivity contribution is 0.208. The molecule has 106 valence electrons. The van der Waals surface area contributed by atoms with Crippen LogP contribution in [0.4, 0.5) is 0 Å². The first kappa shape index (κ1) is 5.86. The summed E-state index contributed by atoms with van der Waals surface area (Å²) in [5.41, 5.74) is -0.559. The van der Waals surface area contributed by atoms with Crippen molar-refractivity contribution in [2.75, 3.05) is 25.7 Å². The Balaban J connectivity index is 3.00. The number of rotatable bonds is 4. The first-order valence-corrected chi connectivity index (χ1v) is 7.64. The van der Waals surface area contributed by atoms with Crippen LogP contribution in [0.25, 0.3) is 0 Å². The van der Waals surface area contributed by atoms with Gasteiger partial charge in [0.1, 0.15) is 0 Å². The smallest absolute Gasteiger partial charge is 0.175 e. The van der Waals surface area contributed by atoms with Crippen molar-refractivity contribution in [2.45, 2.75) is 36.9 Å². The monoisotopic (exact) mass is 292 g/mol. The normalized spacial score (nSPS) is 45.3. The summed E-state index contributed by atoms with van der Waals surface area (Å²) >= 11 is 0. The first-order chi connectivity index (χ1) is 13.1. The number of benzene rings is 1. The van der Waals surface area contributed by atoms with Gasteiger partial charge in [-0.2, -0.15) is 0 Å². The fourth-order valence-electron chi connectivity index (χ4n) is 1.57. The second kappa shape index (κ2) is 6.06. The molecular weight excluding hydrogens is 258 g/mol. The van der Waals surface area contributed by atoms with Crippen LogP contribution >= 0.6 is 0 Å². The molecule has 0 saturated carbocycles. The maximum Gasteiger partial charge on any atom is 0.175 e. The first-order valence-electron chi connectivity index (χ1n) is 11.2. The van der Waals surface area contributed by atoms with E-state index in [1.54, 1.807) is 0 Å². The van der Waals surface area contributed by atoms with E-state index < -0.39 is 60.0 Å². The van der Waals surface area contributed by atoms with Crippen LogP contribution in [-0.4, -0.2) is 39.1 Å². The van der Waals surface area contributed by atoms with Crippen molar-refractivity contribution in [3.63, 3.8) is 0 Å². The van der Waals surface area contributed by atoms with E-state index in [2.05, 4.69) is 0 Å². The standard InChI is InChI=1S/C15H23NO2S/c1-3-9-16-10-5-7-14(12-16)13-6-4-8-15(11-13)19(2,17)18/h4,6,8,11,14H,3,5,7,9-10,12H2,1-2H3/t14-/m1/s1/i5D2,7D2,9D2,10D2,12D2,14D. The van der Waals surface area contributed by atoms with Gasteiger partial charge in [-0.05, 0) is 55.8 Å². The Morgan fingerprint density at radius 3 is 3.05 bits per heavy atom. The minimum atomic E-state index is -3.85. The van der Waals surface area contributed by atoms with Crippen LogP contribution in [0.1, 0.15) is 52.6 Å². The van der Waals surface area contributed by atoms with Crippen LogP contribution < -0.4 is 0 Å². The molecule has 1 aliphatic rings. The molecule has 2 rings (SSSR count). The summed E-state index contributed by atoms with van der Waals surface area (Å²) in [6.07, 6.45) is -6.72. The molecule has 1 heterocycles. The van der Waals surface area contributed by atoms with Gasteiger partial charge in [-0.1, -0.05) is 19.1 Å². The van der Waals surface area contributed by atoms with Crippen molar-refractivity contribution in [1.82, 2.24) is 4.90 Å². The SMILES string of the molecule is [2H]C([2H])(CC)N1C([2H])([2H])C([2H])([2H])C([2H])([2H])[C@@]([2H])(c2cccc(S(C)(=O)=O)c2)C1([2H])[2H]. The van der Waals surface area contributed by atoms with Crippen LogP contribution in [0, 0.1) is 0 Å². The van der Waals surface area contributed by atoms with Crippen LogP contribution in [0.2, 0.25) is 0 Å². The molecule has 0 unspecified atom stereocenters. The molecule has 19 heavy (non-hydrogen) atoms. The molecule has 0 bridgehead atoms. The van der Waals surface area contributed by atoms with Crippen molar-refractivity contribution < 1.29 is 23.5 Å². The second-order valence-corrected chi connectivity index (χ2v) is 6.01. The highest BCUT2D eigenvalue weighted by Gasteiger charge is 2.21. The largest absolute Gasteiger partial charge is 0.303 e. The minimum absolute atomic E-state index is 0.0750. The second-order valence-electron chi connectivity index (χ2n) is 4.00. The van der Waals surface area contributed by atoms with Crippen molar-refractivity contribution >= 4 is 9.84 Å². The maximum absolute atomic E-state index is 11.9. The van der Waals surface area contributed by atoms with Gasteiger partial charge in [-0.15, -0.1) is 0 Å². The maximum atomic E-state index is 11.9. The summed E-state index contributed by atoms with van der Waals surface area (Å²) < 4.78 is 115. The number of likely N-dealkylation sites (tertiary alicyclic amines) is 1. The molecule has 1 atom stereocenters. The highest BCUT2D eigenvalue weighted by molar-refractivity contribution is 7.90. The summed E-state index contributed by atoms with van der Waals surface area (Å²) in [5.74, 6) is -3.24. The van der Waals surface area contributed by atoms with E-state index in [9.17, 15) is 8.42 Å². The van der Waals surface area contributed by atoms with Gasteiger partial charge in [0.25, 0.3) is 0 Å². The van der Waals surface area contributed by atoms with Crippen molar-refractivity contribution in [1.29, 1.82) is 0 Å². The zero-order valence-corrected chi connectivity index (χ0v) is 11.5. The van der Waals surface area contributed by atoms with E-state index in [0.717, 1.165) is 30.5 Å². The Labute approximate surface area is 132 Å². The van der Waals surface area contributed by atoms with E-state index in [4.69, 9.17) is 15.1 Å². The molecule has 0 N–H and O–H groups in total. The van der Waals surface area contributed by atoms with E-state index >= 15 is 0 Å². The Kier molecular flexibility index (Phi) is 1.87. The summed E-state index contributed by atoms with van der Waals surface area (Å²) in [4.78, 5) is -0.438. The van der Waals surface area contributed by atoms with Gasteiger partial charge in [-0.3, -0.25) is 0 Å². The lowest BCUT2D eigenvalue weighted by Crippen LogP contribution is -2.34. The third kappa shape index (κ3) is 3.80. The van der Waals surface area contributed by atoms with Crippen LogP contribution in [-0.2, 0) is 9.84 Å². The van der Waals surface area contributed by atoms with Crippen molar-refractivity contribution in [3.05, 3.63) is 29.8 Å². The molecule has 0 spiro atoms. The zero-order chi connectivity index (χ0) is 23.8. The number of hydrogen-bond acceptors (Lipinski definition) is 3. The average Bonchev–Trinajstić information content (AvgIpc) is 2.58. The number of piperidine rings is 1. The molecule has 0 amide bonds. The summed E-state index contributed by atoms with van der Waals surface area (Å²) in [7, 11) is -3.85. The lowest BCUT2D eigenvalue weighted by Gasteiger charge is -2.32. The summed E-state index contributed by atoms with van der Waals surface area (Å²) in [6, 6.07) is 4.18. The Morgan fingerprint density at radius 2 is 2.37 bits per heavy atom. The highest BCUT2D eigenvalue weighted by Crippen LogP contribution is 2.28. The van der Waals surface area contributed by atoms with Gasteiger partial charge >= 0.3 is 0 Å². The molecule has 1 aromatic rings. The van der Waals surface area contributed by atoms with Crippen molar-refractivity contribution in [3.8, 4) is 0 Å². The zero-order valence-electron chi connectivity index (χ0n) is 21.7. The predicted octanol–water partition coefficient (Wildman–Crippen LogP) is 2.68. The molecule has 4 heteroatoms. The van der Waals surface area contributed by atoms with E-state index in [-0.39, 0.29) is 9.80 Å². The third-order valence-electron chi connectivity index (χ3n) is 2.45. The van der Waals surface area contributed by atoms with E-state index in [1.165, 1.54) is 6.92 Å². The number of sulfone groups is 1. The summed E-state index contributed by atoms with van der Waals surface area (Å²) in [5, 5.41) is 0. The molecule has 1 fully saturated rings. The molecule has 1 aromatic carbocycles. The molecular formula is C15H23NO2S. The number of nitrogens with zero attached hydrogens (tertiary/aromatic N) is 1. The Morgan fingerprint density at radius 1 is 1.58 bits per heavy atom. The van der Waals surface area contributed by atoms with Crippen LogP contribution in [0.5, 0.6) is 0 Å². The fourth-order valence-corrected chi connectivity index (χ4v) is 2.24. The molecule has 3 nitrogen and oxygen atoms in total. The Bertz CT molecular complexity index is 948. The van der Waals surface area contributed by atoms with E-state index in [0.29, 0.717) is 0 Å². The minimum Gasteiger partial charge on any atom is -0.303 e. The van der Waals surface area contributed by atoms with Gasteiger partial charge < -0.3 is 4.90 Å². The van der Waals surface area contributed by atoms with Gasteiger partial charge in [0.15, 0.2) is 9.84 Å². The highest BCUT2D eigenvalue weighted by atomic mass is 32.2. The fraction of sp³-hybridized carbons (Fsp3) is 0.600. The molecule has 0 aliphatic carbocycles. The van der Waals surface area contributed by atoms with Gasteiger partial charge in [0.05, 0.1) is 4.90 Å². The molecule has 0 radical (unpaired) electrons. The molecule has 1 aliphatic heterocycles. The number of hydrogen-bond donors (Lipinski definition) is 0. The summed E-state index contributed by atoms with van der Waals surface area (Å²) in [6.45, 7) is -8.43. The molecule has 0 aromatic heterocycles. The Hall–Kier alpha value is -0.870. The van der Waals surface area contributed by atoms with Gasteiger partial charge in [0.2, 0.25) is 0 Å². The van der Waals surface area contributed by atoms with Crippen LogP contribution in [0.3, 0.4) is 0 Å². The predicted molar refractivity (Wildman–Crippen MR) is 78.3 cm³/mol. The quantitative estimate of drug-likeness (QED) is 0.856. The topological polar surface area (TPSA) is 37.4 Å². The average molecular weight is 292 g/mol.